The molecule has 3 aromatic rings. The van der Waals surface area contributed by atoms with Crippen LogP contribution in [-0.2, 0) is 16.1 Å². The highest BCUT2D eigenvalue weighted by Crippen LogP contribution is 2.28. The first-order valence-electron chi connectivity index (χ1n) is 11.8. The fraction of sp³-hybridized carbons (Fsp3) is 0.400. The lowest BCUT2D eigenvalue weighted by Gasteiger charge is -2.35. The molecule has 182 valence electrons. The van der Waals surface area contributed by atoms with E-state index in [9.17, 15) is 9.59 Å². The van der Waals surface area contributed by atoms with Crippen molar-refractivity contribution in [1.29, 1.82) is 0 Å². The molecule has 1 unspecified atom stereocenters. The zero-order valence-corrected chi connectivity index (χ0v) is 20.0. The van der Waals surface area contributed by atoms with Crippen LogP contribution in [0.1, 0.15) is 17.8 Å². The summed E-state index contributed by atoms with van der Waals surface area (Å²) in [6.45, 7) is 5.77. The van der Waals surface area contributed by atoms with Crippen LogP contribution in [0.4, 0.5) is 5.69 Å². The molecule has 5 rings (SSSR count). The fourth-order valence-electron chi connectivity index (χ4n) is 4.66. The van der Waals surface area contributed by atoms with Crippen molar-refractivity contribution >= 4 is 17.5 Å². The van der Waals surface area contributed by atoms with E-state index in [2.05, 4.69) is 20.4 Å². The molecule has 1 aromatic heterocycles. The van der Waals surface area contributed by atoms with Gasteiger partial charge in [0.25, 0.3) is 0 Å². The molecule has 0 saturated carbocycles. The standard InChI is InChI=1S/C25H29N7O3/c1-18-3-5-21(6-4-18)32-23(26-27-28-32)17-29-11-13-30(14-12-29)25(34)19-15-24(33)31(16-19)20-7-9-22(35-2)10-8-20/h3-10,19H,11-17H2,1-2H3. The Bertz CT molecular complexity index is 1180. The minimum atomic E-state index is -0.315. The number of hydrogen-bond donors (Lipinski definition) is 0. The molecule has 10 heteroatoms. The summed E-state index contributed by atoms with van der Waals surface area (Å²) in [5.41, 5.74) is 2.90. The van der Waals surface area contributed by atoms with Crippen LogP contribution in [-0.4, -0.2) is 81.7 Å². The van der Waals surface area contributed by atoms with E-state index in [1.54, 1.807) is 16.7 Å². The quantitative estimate of drug-likeness (QED) is 0.535. The Kier molecular flexibility index (Phi) is 6.45. The van der Waals surface area contributed by atoms with E-state index < -0.39 is 0 Å². The number of carbonyl (C=O) groups excluding carboxylic acids is 2. The lowest BCUT2D eigenvalue weighted by molar-refractivity contribution is -0.137. The van der Waals surface area contributed by atoms with Gasteiger partial charge in [0, 0.05) is 44.8 Å². The predicted molar refractivity (Wildman–Crippen MR) is 129 cm³/mol. The first-order chi connectivity index (χ1) is 17.0. The van der Waals surface area contributed by atoms with E-state index in [0.717, 1.165) is 36.0 Å². The van der Waals surface area contributed by atoms with Crippen LogP contribution in [0.5, 0.6) is 5.75 Å². The molecule has 0 radical (unpaired) electrons. The third kappa shape index (κ3) is 4.88. The van der Waals surface area contributed by atoms with E-state index in [-0.39, 0.29) is 24.2 Å². The van der Waals surface area contributed by atoms with Gasteiger partial charge in [-0.05, 0) is 53.7 Å². The van der Waals surface area contributed by atoms with Gasteiger partial charge in [-0.3, -0.25) is 14.5 Å². The summed E-state index contributed by atoms with van der Waals surface area (Å²) in [5.74, 6) is 1.22. The number of piperazine rings is 1. The van der Waals surface area contributed by atoms with Crippen LogP contribution in [0.25, 0.3) is 5.69 Å². The van der Waals surface area contributed by atoms with E-state index in [4.69, 9.17) is 4.74 Å². The Hall–Kier alpha value is -3.79. The molecule has 2 saturated heterocycles. The molecule has 2 amide bonds. The van der Waals surface area contributed by atoms with Crippen LogP contribution in [0, 0.1) is 12.8 Å². The molecule has 1 atom stereocenters. The molecule has 0 spiro atoms. The van der Waals surface area contributed by atoms with Crippen LogP contribution in [0.2, 0.25) is 0 Å². The highest BCUT2D eigenvalue weighted by molar-refractivity contribution is 6.00. The number of ether oxygens (including phenoxy) is 1. The number of tetrazole rings is 1. The van der Waals surface area contributed by atoms with Gasteiger partial charge in [-0.2, -0.15) is 4.68 Å². The molecule has 0 bridgehead atoms. The molecule has 0 aliphatic carbocycles. The summed E-state index contributed by atoms with van der Waals surface area (Å²) in [6.07, 6.45) is 0.246. The Morgan fingerprint density at radius 3 is 2.37 bits per heavy atom. The molecule has 2 aliphatic heterocycles. The van der Waals surface area contributed by atoms with Crippen molar-refractivity contribution in [1.82, 2.24) is 30.0 Å². The number of methoxy groups -OCH3 is 1. The van der Waals surface area contributed by atoms with Crippen molar-refractivity contribution in [2.24, 2.45) is 5.92 Å². The largest absolute Gasteiger partial charge is 0.497 e. The fourth-order valence-corrected chi connectivity index (χ4v) is 4.66. The van der Waals surface area contributed by atoms with E-state index >= 15 is 0 Å². The van der Waals surface area contributed by atoms with Crippen molar-refractivity contribution in [2.45, 2.75) is 19.9 Å². The van der Waals surface area contributed by atoms with Gasteiger partial charge in [0.05, 0.1) is 25.3 Å². The number of hydrogen-bond acceptors (Lipinski definition) is 7. The van der Waals surface area contributed by atoms with Crippen molar-refractivity contribution in [3.63, 3.8) is 0 Å². The first-order valence-corrected chi connectivity index (χ1v) is 11.8. The van der Waals surface area contributed by atoms with Gasteiger partial charge in [0.15, 0.2) is 5.82 Å². The number of anilines is 1. The van der Waals surface area contributed by atoms with E-state index in [0.29, 0.717) is 26.2 Å². The summed E-state index contributed by atoms with van der Waals surface area (Å²) in [4.78, 5) is 31.6. The molecule has 0 N–H and O–H groups in total. The maximum Gasteiger partial charge on any atom is 0.228 e. The molecule has 2 fully saturated rings. The number of benzene rings is 2. The van der Waals surface area contributed by atoms with Gasteiger partial charge in [-0.15, -0.1) is 5.10 Å². The molecule has 3 heterocycles. The molecule has 35 heavy (non-hydrogen) atoms. The second-order valence-electron chi connectivity index (χ2n) is 9.05. The summed E-state index contributed by atoms with van der Waals surface area (Å²) in [6, 6.07) is 15.4. The van der Waals surface area contributed by atoms with E-state index in [1.165, 1.54) is 5.56 Å². The number of aromatic nitrogens is 4. The Balaban J connectivity index is 1.16. The van der Waals surface area contributed by atoms with Gasteiger partial charge in [0.1, 0.15) is 5.75 Å². The second-order valence-corrected chi connectivity index (χ2v) is 9.05. The van der Waals surface area contributed by atoms with Gasteiger partial charge in [-0.1, -0.05) is 17.7 Å². The first kappa shape index (κ1) is 23.0. The summed E-state index contributed by atoms with van der Waals surface area (Å²) in [7, 11) is 1.61. The molecular weight excluding hydrogens is 446 g/mol. The SMILES string of the molecule is COc1ccc(N2CC(C(=O)N3CCN(Cc4nnnn4-c4ccc(C)cc4)CC3)CC2=O)cc1. The highest BCUT2D eigenvalue weighted by Gasteiger charge is 2.38. The monoisotopic (exact) mass is 475 g/mol. The molecule has 2 aliphatic rings. The number of aryl methyl sites for hydroxylation is 1. The number of carbonyl (C=O) groups is 2. The average Bonchev–Trinajstić information content (AvgIpc) is 3.51. The van der Waals surface area contributed by atoms with Gasteiger partial charge < -0.3 is 14.5 Å². The Morgan fingerprint density at radius 1 is 1.00 bits per heavy atom. The van der Waals surface area contributed by atoms with Crippen molar-refractivity contribution < 1.29 is 14.3 Å². The summed E-state index contributed by atoms with van der Waals surface area (Å²) in [5, 5.41) is 12.2. The summed E-state index contributed by atoms with van der Waals surface area (Å²) < 4.78 is 6.95. The number of nitrogens with zero attached hydrogens (tertiary/aromatic N) is 7. The zero-order valence-electron chi connectivity index (χ0n) is 20.0. The highest BCUT2D eigenvalue weighted by atomic mass is 16.5. The van der Waals surface area contributed by atoms with Crippen molar-refractivity contribution in [3.05, 3.63) is 59.9 Å². The molecule has 10 nitrogen and oxygen atoms in total. The van der Waals surface area contributed by atoms with Crippen LogP contribution in [0.3, 0.4) is 0 Å². The van der Waals surface area contributed by atoms with Crippen LogP contribution >= 0.6 is 0 Å². The minimum Gasteiger partial charge on any atom is -0.497 e. The third-order valence-corrected chi connectivity index (χ3v) is 6.72. The maximum atomic E-state index is 13.2. The Labute approximate surface area is 204 Å². The average molecular weight is 476 g/mol. The van der Waals surface area contributed by atoms with Gasteiger partial charge in [0.2, 0.25) is 11.8 Å². The Morgan fingerprint density at radius 2 is 1.69 bits per heavy atom. The van der Waals surface area contributed by atoms with Crippen molar-refractivity contribution in [2.75, 3.05) is 44.7 Å². The van der Waals surface area contributed by atoms with Crippen LogP contribution in [0.15, 0.2) is 48.5 Å². The molecular formula is C25H29N7O3. The third-order valence-electron chi connectivity index (χ3n) is 6.72. The number of amides is 2. The van der Waals surface area contributed by atoms with Gasteiger partial charge >= 0.3 is 0 Å². The molecule has 2 aromatic carbocycles. The lowest BCUT2D eigenvalue weighted by Crippen LogP contribution is -2.50. The maximum absolute atomic E-state index is 13.2. The van der Waals surface area contributed by atoms with E-state index in [1.807, 2.05) is 60.4 Å². The lowest BCUT2D eigenvalue weighted by atomic mass is 10.1. The van der Waals surface area contributed by atoms with Crippen LogP contribution < -0.4 is 9.64 Å². The predicted octanol–water partition coefficient (Wildman–Crippen LogP) is 1.68. The topological polar surface area (TPSA) is 96.7 Å². The second kappa shape index (κ2) is 9.83. The van der Waals surface area contributed by atoms with Crippen molar-refractivity contribution in [3.8, 4) is 11.4 Å². The zero-order chi connectivity index (χ0) is 24.4. The summed E-state index contributed by atoms with van der Waals surface area (Å²) >= 11 is 0. The minimum absolute atomic E-state index is 0.0184. The normalized spacial score (nSPS) is 18.8. The smallest absolute Gasteiger partial charge is 0.228 e. The van der Waals surface area contributed by atoms with Gasteiger partial charge in [-0.25, -0.2) is 0 Å². The number of rotatable bonds is 6.